The molecule has 3 unspecified atom stereocenters. The number of thioether (sulfide) groups is 1. The summed E-state index contributed by atoms with van der Waals surface area (Å²) in [5, 5.41) is 23.0. The van der Waals surface area contributed by atoms with E-state index in [1.165, 1.54) is 5.39 Å². The van der Waals surface area contributed by atoms with Crippen LogP contribution in [0.2, 0.25) is 0 Å². The summed E-state index contributed by atoms with van der Waals surface area (Å²) >= 11 is 1.58. The molecule has 1 fully saturated rings. The van der Waals surface area contributed by atoms with Gasteiger partial charge < -0.3 is 10.2 Å². The number of fused-ring (bicyclic) bond motifs is 1. The number of carbonyl (C=O) groups is 1. The van der Waals surface area contributed by atoms with E-state index in [2.05, 4.69) is 24.3 Å². The zero-order chi connectivity index (χ0) is 19.3. The Morgan fingerprint density at radius 3 is 2.52 bits per heavy atom. The summed E-state index contributed by atoms with van der Waals surface area (Å²) in [6, 6.07) is 14.3. The van der Waals surface area contributed by atoms with E-state index in [1.807, 2.05) is 18.2 Å². The first-order chi connectivity index (χ1) is 13.0. The van der Waals surface area contributed by atoms with Crippen molar-refractivity contribution >= 4 is 37.0 Å². The molecule has 2 aromatic carbocycles. The molecule has 0 heterocycles. The minimum atomic E-state index is -1.92. The zero-order valence-electron chi connectivity index (χ0n) is 15.3. The first-order valence-electron chi connectivity index (χ1n) is 9.47. The number of carboxylic acid groups (broad SMARTS) is 1. The number of benzene rings is 2. The molecule has 3 atom stereocenters. The fraction of sp³-hybridized carbons (Fsp3) is 0.476. The van der Waals surface area contributed by atoms with Gasteiger partial charge >= 0.3 is 14.4 Å². The molecule has 0 aliphatic heterocycles. The summed E-state index contributed by atoms with van der Waals surface area (Å²) in [6.07, 6.45) is 4.95. The van der Waals surface area contributed by atoms with Gasteiger partial charge in [-0.15, -0.1) is 11.8 Å². The minimum absolute atomic E-state index is 0.157. The average Bonchev–Trinajstić information content (AvgIpc) is 2.69. The maximum absolute atomic E-state index is 11.9. The Hall–Kier alpha value is -1.42. The Bertz CT molecular complexity index is 806. The van der Waals surface area contributed by atoms with E-state index < -0.39 is 25.9 Å². The van der Waals surface area contributed by atoms with Crippen LogP contribution in [-0.2, 0) is 9.36 Å². The van der Waals surface area contributed by atoms with Gasteiger partial charge in [-0.1, -0.05) is 67.0 Å². The SMILES string of the molecule is O=[PH+]CC(O)(C(=O)O)C(CSc1ccc2ccccc2c1)C1CCCCC1. The van der Waals surface area contributed by atoms with Crippen molar-refractivity contribution in [3.8, 4) is 0 Å². The van der Waals surface area contributed by atoms with E-state index in [9.17, 15) is 19.6 Å². The number of rotatable bonds is 8. The quantitative estimate of drug-likeness (QED) is 0.479. The minimum Gasteiger partial charge on any atom is -0.479 e. The molecule has 27 heavy (non-hydrogen) atoms. The Morgan fingerprint density at radius 1 is 1.15 bits per heavy atom. The maximum atomic E-state index is 11.9. The Labute approximate surface area is 165 Å². The van der Waals surface area contributed by atoms with Gasteiger partial charge in [0.1, 0.15) is 0 Å². The van der Waals surface area contributed by atoms with Crippen molar-refractivity contribution in [2.75, 3.05) is 11.9 Å². The van der Waals surface area contributed by atoms with Crippen LogP contribution in [-0.4, -0.2) is 33.7 Å². The van der Waals surface area contributed by atoms with Crippen molar-refractivity contribution < 1.29 is 19.6 Å². The average molecular weight is 405 g/mol. The van der Waals surface area contributed by atoms with Crippen LogP contribution in [0.4, 0.5) is 0 Å². The van der Waals surface area contributed by atoms with E-state index in [0.717, 1.165) is 42.4 Å². The summed E-state index contributed by atoms with van der Waals surface area (Å²) in [5.41, 5.74) is -1.92. The standard InChI is InChI=1S/C21H25O4PS/c22-20(23)21(24,14-26-25)19(16-7-2-1-3-8-16)13-27-18-11-10-15-6-4-5-9-17(15)12-18/h4-6,9-12,16,19,24H,1-3,7-8,13-14H2,(H,22,23)/p+1. The van der Waals surface area contributed by atoms with Gasteiger partial charge in [0.05, 0.1) is 0 Å². The molecule has 6 heteroatoms. The number of carboxylic acids is 1. The molecule has 144 valence electrons. The predicted octanol–water partition coefficient (Wildman–Crippen LogP) is 4.97. The molecule has 2 aromatic rings. The lowest BCUT2D eigenvalue weighted by molar-refractivity contribution is -0.163. The summed E-state index contributed by atoms with van der Waals surface area (Å²) in [7, 11) is -0.823. The lowest BCUT2D eigenvalue weighted by Gasteiger charge is -2.37. The lowest BCUT2D eigenvalue weighted by atomic mass is 9.73. The molecule has 0 bridgehead atoms. The van der Waals surface area contributed by atoms with Crippen molar-refractivity contribution in [1.29, 1.82) is 0 Å². The van der Waals surface area contributed by atoms with Crippen LogP contribution < -0.4 is 0 Å². The van der Waals surface area contributed by atoms with Gasteiger partial charge in [-0.2, -0.15) is 0 Å². The van der Waals surface area contributed by atoms with E-state index in [4.69, 9.17) is 0 Å². The molecule has 1 aliphatic carbocycles. The molecule has 0 spiro atoms. The second-order valence-corrected chi connectivity index (χ2v) is 9.11. The highest BCUT2D eigenvalue weighted by atomic mass is 32.2. The predicted molar refractivity (Wildman–Crippen MR) is 111 cm³/mol. The number of hydrogen-bond donors (Lipinski definition) is 2. The van der Waals surface area contributed by atoms with Gasteiger partial charge in [0.2, 0.25) is 5.60 Å². The summed E-state index contributed by atoms with van der Waals surface area (Å²) in [5.74, 6) is -0.992. The van der Waals surface area contributed by atoms with Gasteiger partial charge in [0.15, 0.2) is 6.16 Å². The molecule has 0 aromatic heterocycles. The molecule has 0 radical (unpaired) electrons. The Kier molecular flexibility index (Phi) is 6.91. The van der Waals surface area contributed by atoms with Crippen LogP contribution in [0.25, 0.3) is 10.8 Å². The molecule has 4 nitrogen and oxygen atoms in total. The van der Waals surface area contributed by atoms with E-state index in [0.29, 0.717) is 5.75 Å². The van der Waals surface area contributed by atoms with Gasteiger partial charge in [-0.25, -0.2) is 4.79 Å². The molecule has 1 aliphatic rings. The molecular formula is C21H26O4PS+. The van der Waals surface area contributed by atoms with Crippen LogP contribution in [0.3, 0.4) is 0 Å². The number of aliphatic carboxylic acids is 1. The van der Waals surface area contributed by atoms with Gasteiger partial charge in [-0.3, -0.25) is 0 Å². The summed E-state index contributed by atoms with van der Waals surface area (Å²) in [4.78, 5) is 12.9. The van der Waals surface area contributed by atoms with Gasteiger partial charge in [0.25, 0.3) is 0 Å². The largest absolute Gasteiger partial charge is 0.479 e. The fourth-order valence-electron chi connectivity index (χ4n) is 4.12. The molecule has 2 N–H and O–H groups in total. The van der Waals surface area contributed by atoms with Gasteiger partial charge in [-0.05, 0) is 28.8 Å². The van der Waals surface area contributed by atoms with E-state index in [-0.39, 0.29) is 12.1 Å². The highest BCUT2D eigenvalue weighted by Gasteiger charge is 2.50. The second kappa shape index (κ2) is 9.18. The first kappa shape index (κ1) is 20.3. The second-order valence-electron chi connectivity index (χ2n) is 7.38. The van der Waals surface area contributed by atoms with Crippen LogP contribution in [0.5, 0.6) is 0 Å². The number of hydrogen-bond acceptors (Lipinski definition) is 4. The molecule has 1 saturated carbocycles. The number of aliphatic hydroxyl groups is 1. The third-order valence-electron chi connectivity index (χ3n) is 5.69. The van der Waals surface area contributed by atoms with Crippen molar-refractivity contribution in [2.24, 2.45) is 11.8 Å². The Morgan fingerprint density at radius 2 is 1.85 bits per heavy atom. The zero-order valence-corrected chi connectivity index (χ0v) is 17.1. The normalized spacial score (nSPS) is 19.0. The molecular weight excluding hydrogens is 379 g/mol. The highest BCUT2D eigenvalue weighted by Crippen LogP contribution is 2.40. The van der Waals surface area contributed by atoms with Crippen LogP contribution in [0.1, 0.15) is 32.1 Å². The Balaban J connectivity index is 1.83. The third kappa shape index (κ3) is 4.71. The fourth-order valence-corrected chi connectivity index (χ4v) is 6.05. The van der Waals surface area contributed by atoms with Crippen molar-refractivity contribution in [1.82, 2.24) is 0 Å². The van der Waals surface area contributed by atoms with Crippen LogP contribution in [0, 0.1) is 11.8 Å². The molecule has 0 amide bonds. The lowest BCUT2D eigenvalue weighted by Crippen LogP contribution is -2.52. The summed E-state index contributed by atoms with van der Waals surface area (Å²) < 4.78 is 11.3. The van der Waals surface area contributed by atoms with Gasteiger partial charge in [0, 0.05) is 16.6 Å². The maximum Gasteiger partial charge on any atom is 0.340 e. The van der Waals surface area contributed by atoms with Crippen LogP contribution in [0.15, 0.2) is 47.4 Å². The monoisotopic (exact) mass is 405 g/mol. The smallest absolute Gasteiger partial charge is 0.340 e. The van der Waals surface area contributed by atoms with Crippen molar-refractivity contribution in [2.45, 2.75) is 42.6 Å². The molecule has 0 saturated heterocycles. The highest BCUT2D eigenvalue weighted by molar-refractivity contribution is 7.99. The van der Waals surface area contributed by atoms with Crippen molar-refractivity contribution in [3.05, 3.63) is 42.5 Å². The topological polar surface area (TPSA) is 74.6 Å². The summed E-state index contributed by atoms with van der Waals surface area (Å²) in [6.45, 7) is 0. The van der Waals surface area contributed by atoms with Crippen LogP contribution >= 0.6 is 20.2 Å². The molecule has 3 rings (SSSR count). The first-order valence-corrected chi connectivity index (χ1v) is 11.6. The van der Waals surface area contributed by atoms with E-state index >= 15 is 0 Å². The third-order valence-corrected chi connectivity index (χ3v) is 7.49. The van der Waals surface area contributed by atoms with Crippen molar-refractivity contribution in [3.63, 3.8) is 0 Å². The van der Waals surface area contributed by atoms with E-state index in [1.54, 1.807) is 11.8 Å².